The van der Waals surface area contributed by atoms with Crippen molar-refractivity contribution in [2.75, 3.05) is 5.32 Å². The monoisotopic (exact) mass is 447 g/mol. The van der Waals surface area contributed by atoms with Crippen LogP contribution in [-0.2, 0) is 11.4 Å². The molecule has 0 aliphatic rings. The number of amides is 1. The van der Waals surface area contributed by atoms with Crippen molar-refractivity contribution in [3.05, 3.63) is 88.0 Å². The van der Waals surface area contributed by atoms with Crippen LogP contribution in [0.15, 0.2) is 70.0 Å². The van der Waals surface area contributed by atoms with Crippen LogP contribution in [0.2, 0.25) is 0 Å². The molecule has 0 aliphatic heterocycles. The second kappa shape index (κ2) is 9.60. The van der Waals surface area contributed by atoms with Crippen LogP contribution in [0.5, 0.6) is 11.5 Å². The number of para-hydroxylation sites is 1. The molecular weight excluding hydrogens is 422 g/mol. The van der Waals surface area contributed by atoms with Crippen molar-refractivity contribution in [2.45, 2.75) is 39.9 Å². The Morgan fingerprint density at radius 2 is 1.91 bits per heavy atom. The molecule has 0 radical (unpaired) electrons. The summed E-state index contributed by atoms with van der Waals surface area (Å²) in [6.45, 7) is 5.65. The normalized spacial score (nSPS) is 11.8. The molecule has 0 aliphatic carbocycles. The van der Waals surface area contributed by atoms with Gasteiger partial charge in [-0.3, -0.25) is 9.59 Å². The molecule has 8 heteroatoms. The van der Waals surface area contributed by atoms with Gasteiger partial charge >= 0.3 is 0 Å². The molecule has 4 rings (SSSR count). The molecule has 4 aromatic rings. The Morgan fingerprint density at radius 1 is 1.12 bits per heavy atom. The van der Waals surface area contributed by atoms with Gasteiger partial charge in [-0.15, -0.1) is 4.57 Å². The fourth-order valence-corrected chi connectivity index (χ4v) is 3.34. The van der Waals surface area contributed by atoms with Gasteiger partial charge in [0.05, 0.1) is 5.69 Å². The predicted molar refractivity (Wildman–Crippen MR) is 124 cm³/mol. The number of hydrogen-bond acceptors (Lipinski definition) is 6. The summed E-state index contributed by atoms with van der Waals surface area (Å²) in [7, 11) is 0. The van der Waals surface area contributed by atoms with E-state index < -0.39 is 6.10 Å². The summed E-state index contributed by atoms with van der Waals surface area (Å²) >= 11 is 0. The molecule has 0 bridgehead atoms. The van der Waals surface area contributed by atoms with E-state index in [9.17, 15) is 9.59 Å². The third-order valence-corrected chi connectivity index (χ3v) is 5.04. The van der Waals surface area contributed by atoms with Crippen molar-refractivity contribution in [3.63, 3.8) is 0 Å². The first-order valence-corrected chi connectivity index (χ1v) is 10.7. The summed E-state index contributed by atoms with van der Waals surface area (Å²) in [5.74, 6) is 1.57. The number of nitrogens with one attached hydrogen (secondary N) is 1. The van der Waals surface area contributed by atoms with Gasteiger partial charge in [0.25, 0.3) is 11.5 Å². The van der Waals surface area contributed by atoms with E-state index in [4.69, 9.17) is 14.0 Å². The Hall–Kier alpha value is -4.07. The van der Waals surface area contributed by atoms with Crippen molar-refractivity contribution in [3.8, 4) is 11.5 Å². The summed E-state index contributed by atoms with van der Waals surface area (Å²) in [4.78, 5) is 29.4. The van der Waals surface area contributed by atoms with Crippen LogP contribution >= 0.6 is 0 Å². The molecule has 170 valence electrons. The van der Waals surface area contributed by atoms with Gasteiger partial charge in [-0.2, -0.15) is 0 Å². The smallest absolute Gasteiger partial charge is 0.287 e. The molecule has 0 saturated carbocycles. The highest BCUT2D eigenvalue weighted by Gasteiger charge is 2.19. The number of aromatic nitrogens is 2. The van der Waals surface area contributed by atoms with Gasteiger partial charge in [0, 0.05) is 23.9 Å². The van der Waals surface area contributed by atoms with E-state index in [1.807, 2.05) is 50.2 Å². The van der Waals surface area contributed by atoms with E-state index in [-0.39, 0.29) is 18.1 Å². The number of fused-ring (bicyclic) bond motifs is 1. The maximum Gasteiger partial charge on any atom is 0.287 e. The van der Waals surface area contributed by atoms with E-state index in [2.05, 4.69) is 10.3 Å². The minimum Gasteiger partial charge on any atom is -0.487 e. The molecule has 2 aromatic carbocycles. The van der Waals surface area contributed by atoms with Crippen LogP contribution in [0, 0.1) is 13.8 Å². The van der Waals surface area contributed by atoms with E-state index in [0.717, 1.165) is 10.1 Å². The molecule has 0 saturated heterocycles. The Labute approximate surface area is 190 Å². The first-order chi connectivity index (χ1) is 15.9. The Balaban J connectivity index is 1.45. The highest BCUT2D eigenvalue weighted by Crippen LogP contribution is 2.24. The first-order valence-electron chi connectivity index (χ1n) is 10.7. The van der Waals surface area contributed by atoms with Gasteiger partial charge in [0.15, 0.2) is 11.8 Å². The SMILES string of the molecule is CCC(Oc1ccccc1)C(=O)Nc1ccc(C)c(OCc2cc(=O)n3oc(C)cc3n2)c1. The van der Waals surface area contributed by atoms with E-state index >= 15 is 0 Å². The van der Waals surface area contributed by atoms with Crippen LogP contribution in [0.4, 0.5) is 5.69 Å². The minimum absolute atomic E-state index is 0.100. The van der Waals surface area contributed by atoms with E-state index in [0.29, 0.717) is 40.7 Å². The zero-order valence-electron chi connectivity index (χ0n) is 18.7. The average Bonchev–Trinajstić information content (AvgIpc) is 3.19. The van der Waals surface area contributed by atoms with Gasteiger partial charge in [-0.05, 0) is 44.0 Å². The summed E-state index contributed by atoms with van der Waals surface area (Å²) in [6, 6.07) is 17.7. The molecule has 1 N–H and O–H groups in total. The number of aryl methyl sites for hydroxylation is 2. The number of hydrogen-bond donors (Lipinski definition) is 1. The van der Waals surface area contributed by atoms with Crippen molar-refractivity contribution in [2.24, 2.45) is 0 Å². The second-order valence-electron chi connectivity index (χ2n) is 7.67. The lowest BCUT2D eigenvalue weighted by molar-refractivity contribution is -0.122. The summed E-state index contributed by atoms with van der Waals surface area (Å²) in [5.41, 5.74) is 2.08. The van der Waals surface area contributed by atoms with Gasteiger partial charge in [0.1, 0.15) is 23.9 Å². The van der Waals surface area contributed by atoms with Crippen molar-refractivity contribution in [1.29, 1.82) is 0 Å². The fourth-order valence-electron chi connectivity index (χ4n) is 3.34. The third-order valence-electron chi connectivity index (χ3n) is 5.04. The molecule has 8 nitrogen and oxygen atoms in total. The zero-order chi connectivity index (χ0) is 23.4. The molecule has 1 unspecified atom stereocenters. The lowest BCUT2D eigenvalue weighted by Crippen LogP contribution is -2.32. The lowest BCUT2D eigenvalue weighted by Gasteiger charge is -2.18. The van der Waals surface area contributed by atoms with Crippen molar-refractivity contribution >= 4 is 17.2 Å². The number of ether oxygens (including phenoxy) is 2. The fraction of sp³-hybridized carbons (Fsp3) is 0.240. The number of anilines is 1. The van der Waals surface area contributed by atoms with Crippen LogP contribution in [0.1, 0.15) is 30.4 Å². The standard InChI is InChI=1S/C25H25N3O5/c1-4-21(32-20-8-6-5-7-9-20)25(30)27-18-11-10-16(2)22(13-18)31-15-19-14-24(29)28-23(26-19)12-17(3)33-28/h5-14,21H,4,15H2,1-3H3,(H,27,30). The molecule has 2 heterocycles. The zero-order valence-corrected chi connectivity index (χ0v) is 18.7. The summed E-state index contributed by atoms with van der Waals surface area (Å²) in [5, 5.41) is 2.89. The maximum atomic E-state index is 12.8. The molecular formula is C25H25N3O5. The Morgan fingerprint density at radius 3 is 2.67 bits per heavy atom. The van der Waals surface area contributed by atoms with Crippen molar-refractivity contribution < 1.29 is 18.8 Å². The highest BCUT2D eigenvalue weighted by molar-refractivity contribution is 5.94. The lowest BCUT2D eigenvalue weighted by atomic mass is 10.2. The number of benzene rings is 2. The van der Waals surface area contributed by atoms with Gasteiger partial charge in [-0.25, -0.2) is 4.98 Å². The minimum atomic E-state index is -0.625. The van der Waals surface area contributed by atoms with Crippen LogP contribution in [0.3, 0.4) is 0 Å². The molecule has 0 fully saturated rings. The quantitative estimate of drug-likeness (QED) is 0.433. The van der Waals surface area contributed by atoms with Crippen LogP contribution in [-0.4, -0.2) is 21.6 Å². The molecule has 33 heavy (non-hydrogen) atoms. The number of rotatable bonds is 8. The Kier molecular flexibility index (Phi) is 6.44. The molecule has 1 atom stereocenters. The average molecular weight is 447 g/mol. The second-order valence-corrected chi connectivity index (χ2v) is 7.67. The first kappa shape index (κ1) is 22.1. The van der Waals surface area contributed by atoms with Gasteiger partial charge < -0.3 is 19.3 Å². The third kappa shape index (κ3) is 5.23. The highest BCUT2D eigenvalue weighted by atomic mass is 16.5. The maximum absolute atomic E-state index is 12.8. The Bertz CT molecular complexity index is 1330. The van der Waals surface area contributed by atoms with Crippen LogP contribution < -0.4 is 20.3 Å². The molecule has 1 amide bonds. The number of nitrogens with zero attached hydrogens (tertiary/aromatic N) is 2. The van der Waals surface area contributed by atoms with Gasteiger partial charge in [-0.1, -0.05) is 31.2 Å². The number of carbonyl (C=O) groups is 1. The van der Waals surface area contributed by atoms with E-state index in [1.54, 1.807) is 25.1 Å². The predicted octanol–water partition coefficient (Wildman–Crippen LogP) is 4.28. The van der Waals surface area contributed by atoms with Crippen molar-refractivity contribution in [1.82, 2.24) is 9.56 Å². The summed E-state index contributed by atoms with van der Waals surface area (Å²) in [6.07, 6.45) is -0.104. The molecule has 2 aromatic heterocycles. The van der Waals surface area contributed by atoms with Crippen LogP contribution in [0.25, 0.3) is 5.65 Å². The van der Waals surface area contributed by atoms with Gasteiger partial charge in [0.2, 0.25) is 0 Å². The molecule has 0 spiro atoms. The topological polar surface area (TPSA) is 95.1 Å². The summed E-state index contributed by atoms with van der Waals surface area (Å²) < 4.78 is 18.2. The largest absolute Gasteiger partial charge is 0.487 e. The van der Waals surface area contributed by atoms with E-state index in [1.165, 1.54) is 6.07 Å². The number of carbonyl (C=O) groups excluding carboxylic acids is 1.